The third-order valence-corrected chi connectivity index (χ3v) is 11.2. The quantitative estimate of drug-likeness (QED) is 0.398. The first-order valence-corrected chi connectivity index (χ1v) is 18.5. The molecule has 0 N–H and O–H groups in total. The van der Waals surface area contributed by atoms with E-state index in [0.29, 0.717) is 37.0 Å². The predicted octanol–water partition coefficient (Wildman–Crippen LogP) is 5.35. The van der Waals surface area contributed by atoms with Gasteiger partial charge in [-0.1, -0.05) is 30.7 Å². The molecule has 3 saturated heterocycles. The molecule has 4 aliphatic rings. The molecule has 0 radical (unpaired) electrons. The molecule has 1 aliphatic carbocycles. The van der Waals surface area contributed by atoms with E-state index >= 15 is 4.79 Å². The van der Waals surface area contributed by atoms with Crippen molar-refractivity contribution in [2.45, 2.75) is 89.4 Å². The van der Waals surface area contributed by atoms with Crippen molar-refractivity contribution < 1.29 is 28.3 Å². The van der Waals surface area contributed by atoms with Crippen LogP contribution in [-0.2, 0) is 14.3 Å². The third kappa shape index (κ3) is 7.99. The van der Waals surface area contributed by atoms with Gasteiger partial charge in [-0.05, 0) is 95.7 Å². The number of likely N-dealkylation sites (N-methyl/N-ethyl adjacent to an activating group) is 1. The van der Waals surface area contributed by atoms with Gasteiger partial charge in [-0.25, -0.2) is 4.79 Å². The molecule has 2 aromatic rings. The average Bonchev–Trinajstić information content (AvgIpc) is 3.86. The Bertz CT molecular complexity index is 1510. The minimum Gasteiger partial charge on any atom is -0.459 e. The number of carbonyl (C=O) groups is 4. The minimum absolute atomic E-state index is 0.0146. The lowest BCUT2D eigenvalue weighted by molar-refractivity contribution is -0.147. The number of amides is 4. The van der Waals surface area contributed by atoms with Crippen LogP contribution in [0.4, 0.5) is 4.79 Å². The summed E-state index contributed by atoms with van der Waals surface area (Å²) in [5, 5.41) is 0.581. The summed E-state index contributed by atoms with van der Waals surface area (Å²) in [5.74, 6) is -0.561. The Morgan fingerprint density at radius 1 is 0.860 bits per heavy atom. The summed E-state index contributed by atoms with van der Waals surface area (Å²) in [6.45, 7) is 11.1. The number of nitrogens with zero attached hydrogens (tertiary/aromatic N) is 5. The van der Waals surface area contributed by atoms with E-state index in [1.165, 1.54) is 6.26 Å². The second-order valence-corrected chi connectivity index (χ2v) is 16.2. The van der Waals surface area contributed by atoms with E-state index in [2.05, 4.69) is 11.8 Å². The second kappa shape index (κ2) is 15.0. The van der Waals surface area contributed by atoms with Crippen LogP contribution in [0.15, 0.2) is 47.1 Å². The Morgan fingerprint density at radius 2 is 1.54 bits per heavy atom. The van der Waals surface area contributed by atoms with Crippen molar-refractivity contribution in [2.75, 3.05) is 52.9 Å². The van der Waals surface area contributed by atoms with Crippen molar-refractivity contribution >= 4 is 35.4 Å². The Kier molecular flexibility index (Phi) is 10.8. The molecule has 11 nitrogen and oxygen atoms in total. The van der Waals surface area contributed by atoms with Crippen molar-refractivity contribution in [3.8, 4) is 0 Å². The zero-order valence-corrected chi connectivity index (χ0v) is 30.8. The first-order valence-electron chi connectivity index (χ1n) is 18.2. The van der Waals surface area contributed by atoms with Gasteiger partial charge in [0.2, 0.25) is 11.8 Å². The number of hydrogen-bond acceptors (Lipinski definition) is 7. The molecule has 1 saturated carbocycles. The fourth-order valence-electron chi connectivity index (χ4n) is 8.20. The summed E-state index contributed by atoms with van der Waals surface area (Å²) in [5.41, 5.74) is 0.195. The predicted molar refractivity (Wildman–Crippen MR) is 190 cm³/mol. The maximum Gasteiger partial charge on any atom is 0.410 e. The van der Waals surface area contributed by atoms with Gasteiger partial charge < -0.3 is 33.7 Å². The van der Waals surface area contributed by atoms with Crippen molar-refractivity contribution in [1.82, 2.24) is 24.5 Å². The van der Waals surface area contributed by atoms with Gasteiger partial charge in [-0.3, -0.25) is 14.4 Å². The normalized spacial score (nSPS) is 27.8. The van der Waals surface area contributed by atoms with Gasteiger partial charge in [0.05, 0.1) is 18.2 Å². The summed E-state index contributed by atoms with van der Waals surface area (Å²) in [4.78, 5) is 66.3. The first kappa shape index (κ1) is 36.2. The lowest BCUT2D eigenvalue weighted by Crippen LogP contribution is -2.54. The molecule has 3 aliphatic heterocycles. The Labute approximate surface area is 300 Å². The lowest BCUT2D eigenvalue weighted by Gasteiger charge is -2.39. The molecule has 1 unspecified atom stereocenters. The van der Waals surface area contributed by atoms with E-state index in [4.69, 9.17) is 20.8 Å². The summed E-state index contributed by atoms with van der Waals surface area (Å²) >= 11 is 6.25. The van der Waals surface area contributed by atoms with Gasteiger partial charge in [-0.2, -0.15) is 0 Å². The molecule has 4 atom stereocenters. The topological polar surface area (TPSA) is 107 Å². The Balaban J connectivity index is 1.33. The van der Waals surface area contributed by atoms with Crippen molar-refractivity contribution in [3.63, 3.8) is 0 Å². The van der Waals surface area contributed by atoms with Gasteiger partial charge in [0.1, 0.15) is 11.6 Å². The van der Waals surface area contributed by atoms with Gasteiger partial charge in [0.25, 0.3) is 5.91 Å². The monoisotopic (exact) mass is 709 g/mol. The minimum atomic E-state index is -0.730. The first-order chi connectivity index (χ1) is 23.8. The number of likely N-dealkylation sites (tertiary alicyclic amines) is 2. The van der Waals surface area contributed by atoms with Crippen LogP contribution in [0.1, 0.15) is 81.8 Å². The summed E-state index contributed by atoms with van der Waals surface area (Å²) in [7, 11) is 2.04. The van der Waals surface area contributed by atoms with E-state index in [-0.39, 0.29) is 54.6 Å². The number of rotatable bonds is 6. The van der Waals surface area contributed by atoms with Crippen molar-refractivity contribution in [3.05, 3.63) is 59.0 Å². The zero-order chi connectivity index (χ0) is 35.7. The number of carbonyl (C=O) groups excluding carboxylic acids is 4. The van der Waals surface area contributed by atoms with Crippen LogP contribution in [0, 0.1) is 11.8 Å². The highest BCUT2D eigenvalue weighted by Crippen LogP contribution is 2.39. The number of halogens is 1. The molecule has 4 amide bonds. The highest BCUT2D eigenvalue weighted by Gasteiger charge is 2.51. The maximum atomic E-state index is 15.0. The zero-order valence-electron chi connectivity index (χ0n) is 30.1. The lowest BCUT2D eigenvalue weighted by atomic mass is 9.85. The van der Waals surface area contributed by atoms with E-state index in [1.54, 1.807) is 34.1 Å². The fourth-order valence-corrected chi connectivity index (χ4v) is 8.32. The number of piperazine rings is 1. The van der Waals surface area contributed by atoms with Crippen LogP contribution in [-0.4, -0.2) is 125 Å². The van der Waals surface area contributed by atoms with Gasteiger partial charge >= 0.3 is 6.09 Å². The fraction of sp³-hybridized carbons (Fsp3) is 0.632. The molecule has 1 aromatic carbocycles. The van der Waals surface area contributed by atoms with Crippen LogP contribution in [0.25, 0.3) is 0 Å². The summed E-state index contributed by atoms with van der Waals surface area (Å²) < 4.78 is 11.3. The smallest absolute Gasteiger partial charge is 0.410 e. The molecule has 4 fully saturated rings. The standard InChI is InChI=1S/C38H52ClN5O6/c1-25-8-14-28(15-9-25)44(36(47)33-7-6-20-49-33)29-21-32(35(46)41-18-16-40(5)17-19-41)43(22-29)34(45)31-24-42(37(48)50-38(2,3)4)23-30(31)26-10-12-27(39)13-11-26/h6-7,10-13,20,25,28-32H,8-9,14-19,21-24H2,1-5H3/t25?,28?,29?,30-,31+,32-/m0/s1. The summed E-state index contributed by atoms with van der Waals surface area (Å²) in [6, 6.07) is 9.68. The van der Waals surface area contributed by atoms with Gasteiger partial charge in [0, 0.05) is 62.8 Å². The molecule has 0 bridgehead atoms. The van der Waals surface area contributed by atoms with Crippen LogP contribution >= 0.6 is 11.6 Å². The molecule has 12 heteroatoms. The van der Waals surface area contributed by atoms with Gasteiger partial charge in [-0.15, -0.1) is 0 Å². The number of furan rings is 1. The van der Waals surface area contributed by atoms with E-state index < -0.39 is 23.7 Å². The molecular weight excluding hydrogens is 658 g/mol. The molecule has 272 valence electrons. The Hall–Kier alpha value is -3.57. The van der Waals surface area contributed by atoms with Gasteiger partial charge in [0.15, 0.2) is 5.76 Å². The second-order valence-electron chi connectivity index (χ2n) is 15.8. The van der Waals surface area contributed by atoms with E-state index in [9.17, 15) is 14.4 Å². The SMILES string of the molecule is CC1CCC(N(C(=O)c2ccco2)C2C[C@@H](C(=O)N3CCN(C)CC3)N(C(=O)[C@@H]3CN(C(=O)OC(C)(C)C)C[C@H]3c3ccc(Cl)cc3)C2)CC1. The van der Waals surface area contributed by atoms with E-state index in [1.807, 2.05) is 49.8 Å². The van der Waals surface area contributed by atoms with Crippen molar-refractivity contribution in [2.24, 2.45) is 11.8 Å². The largest absolute Gasteiger partial charge is 0.459 e. The van der Waals surface area contributed by atoms with Crippen LogP contribution in [0.3, 0.4) is 0 Å². The number of hydrogen-bond donors (Lipinski definition) is 0. The van der Waals surface area contributed by atoms with E-state index in [0.717, 1.165) is 44.3 Å². The number of ether oxygens (including phenoxy) is 1. The molecule has 6 rings (SSSR count). The van der Waals surface area contributed by atoms with Crippen molar-refractivity contribution in [1.29, 1.82) is 0 Å². The maximum absolute atomic E-state index is 15.0. The Morgan fingerprint density at radius 3 is 2.16 bits per heavy atom. The van der Waals surface area contributed by atoms with Crippen LogP contribution < -0.4 is 0 Å². The van der Waals surface area contributed by atoms with Crippen LogP contribution in [0.2, 0.25) is 5.02 Å². The highest BCUT2D eigenvalue weighted by atomic mass is 35.5. The molecule has 0 spiro atoms. The molecular formula is C38H52ClN5O6. The molecule has 1 aromatic heterocycles. The third-order valence-electron chi connectivity index (χ3n) is 11.0. The van der Waals surface area contributed by atoms with Crippen LogP contribution in [0.5, 0.6) is 0 Å². The molecule has 50 heavy (non-hydrogen) atoms. The summed E-state index contributed by atoms with van der Waals surface area (Å²) in [6.07, 6.45) is 5.13. The number of benzene rings is 1. The average molecular weight is 710 g/mol. The highest BCUT2D eigenvalue weighted by molar-refractivity contribution is 6.30. The molecule has 4 heterocycles.